The van der Waals surface area contributed by atoms with Gasteiger partial charge < -0.3 is 5.32 Å². The number of aryl methyl sites for hydroxylation is 1. The van der Waals surface area contributed by atoms with Crippen LogP contribution in [0.25, 0.3) is 0 Å². The Morgan fingerprint density at radius 2 is 2.24 bits per heavy atom. The van der Waals surface area contributed by atoms with Crippen molar-refractivity contribution in [1.29, 1.82) is 0 Å². The van der Waals surface area contributed by atoms with Crippen LogP contribution >= 0.6 is 11.3 Å². The Bertz CT molecular complexity index is 329. The van der Waals surface area contributed by atoms with Crippen molar-refractivity contribution in [3.05, 3.63) is 16.1 Å². The van der Waals surface area contributed by atoms with Crippen molar-refractivity contribution < 1.29 is 0 Å². The molecule has 1 saturated carbocycles. The quantitative estimate of drug-likeness (QED) is 0.837. The molecule has 0 radical (unpaired) electrons. The molecule has 1 aliphatic rings. The number of aromatic nitrogens is 1. The van der Waals surface area contributed by atoms with Gasteiger partial charge in [-0.2, -0.15) is 0 Å². The normalized spacial score (nSPS) is 18.7. The number of rotatable bonds is 6. The van der Waals surface area contributed by atoms with E-state index in [9.17, 15) is 0 Å². The minimum Gasteiger partial charge on any atom is -0.314 e. The highest BCUT2D eigenvalue weighted by atomic mass is 32.1. The van der Waals surface area contributed by atoms with Crippen LogP contribution in [0.4, 0.5) is 0 Å². The number of nitrogens with zero attached hydrogens (tertiary/aromatic N) is 1. The predicted octanol–water partition coefficient (Wildman–Crippen LogP) is 3.55. The zero-order chi connectivity index (χ0) is 12.1. The van der Waals surface area contributed by atoms with Gasteiger partial charge in [-0.3, -0.25) is 0 Å². The van der Waals surface area contributed by atoms with Crippen molar-refractivity contribution in [3.8, 4) is 0 Å². The van der Waals surface area contributed by atoms with Gasteiger partial charge in [0.15, 0.2) is 0 Å². The Morgan fingerprint density at radius 3 is 2.82 bits per heavy atom. The molecule has 1 aliphatic carbocycles. The van der Waals surface area contributed by atoms with E-state index in [0.717, 1.165) is 18.9 Å². The lowest BCUT2D eigenvalue weighted by molar-refractivity contribution is 0.388. The first-order valence-electron chi connectivity index (χ1n) is 6.92. The van der Waals surface area contributed by atoms with E-state index in [2.05, 4.69) is 29.5 Å². The summed E-state index contributed by atoms with van der Waals surface area (Å²) in [4.78, 5) is 4.59. The fourth-order valence-corrected chi connectivity index (χ4v) is 3.56. The van der Waals surface area contributed by atoms with Gasteiger partial charge in [-0.1, -0.05) is 32.6 Å². The van der Waals surface area contributed by atoms with E-state index in [1.54, 1.807) is 11.3 Å². The van der Waals surface area contributed by atoms with Crippen molar-refractivity contribution in [3.63, 3.8) is 0 Å². The van der Waals surface area contributed by atoms with Gasteiger partial charge in [0.1, 0.15) is 0 Å². The average molecular weight is 252 g/mol. The Kier molecular flexibility index (Phi) is 4.99. The van der Waals surface area contributed by atoms with Crippen LogP contribution in [0, 0.1) is 12.8 Å². The Hall–Kier alpha value is -0.410. The monoisotopic (exact) mass is 252 g/mol. The molecule has 2 rings (SSSR count). The molecule has 0 spiro atoms. The molecule has 0 amide bonds. The fourth-order valence-electron chi connectivity index (χ4n) is 2.93. The second kappa shape index (κ2) is 6.50. The van der Waals surface area contributed by atoms with Gasteiger partial charge in [-0.05, 0) is 25.8 Å². The lowest BCUT2D eigenvalue weighted by Gasteiger charge is -2.20. The molecule has 0 aromatic carbocycles. The predicted molar refractivity (Wildman–Crippen MR) is 74.6 cm³/mol. The van der Waals surface area contributed by atoms with Gasteiger partial charge in [0.2, 0.25) is 0 Å². The van der Waals surface area contributed by atoms with Crippen LogP contribution < -0.4 is 5.32 Å². The first-order valence-corrected chi connectivity index (χ1v) is 7.80. The molecule has 1 fully saturated rings. The minimum atomic E-state index is 0.629. The molecule has 1 atom stereocenters. The van der Waals surface area contributed by atoms with Crippen LogP contribution in [0.3, 0.4) is 0 Å². The van der Waals surface area contributed by atoms with Crippen LogP contribution in [-0.4, -0.2) is 17.6 Å². The molecular formula is C14H24N2S. The first kappa shape index (κ1) is 13.0. The lowest BCUT2D eigenvalue weighted by atomic mass is 9.96. The summed E-state index contributed by atoms with van der Waals surface area (Å²) in [6.07, 6.45) is 8.22. The van der Waals surface area contributed by atoms with Gasteiger partial charge in [0, 0.05) is 17.8 Å². The SMILES string of the molecule is CCNC(Cc1csc(C)n1)CC1CCCC1. The number of nitrogens with one attached hydrogen (secondary N) is 1. The molecule has 1 aromatic rings. The van der Waals surface area contributed by atoms with Gasteiger partial charge in [-0.15, -0.1) is 11.3 Å². The zero-order valence-corrected chi connectivity index (χ0v) is 11.9. The first-order chi connectivity index (χ1) is 8.28. The maximum Gasteiger partial charge on any atom is 0.0897 e. The fraction of sp³-hybridized carbons (Fsp3) is 0.786. The molecule has 96 valence electrons. The lowest BCUT2D eigenvalue weighted by Crippen LogP contribution is -2.32. The van der Waals surface area contributed by atoms with Crippen molar-refractivity contribution in [1.82, 2.24) is 10.3 Å². The summed E-state index contributed by atoms with van der Waals surface area (Å²) < 4.78 is 0. The molecule has 1 N–H and O–H groups in total. The van der Waals surface area contributed by atoms with E-state index in [4.69, 9.17) is 0 Å². The Balaban J connectivity index is 1.87. The summed E-state index contributed by atoms with van der Waals surface area (Å²) in [5.41, 5.74) is 1.27. The van der Waals surface area contributed by atoms with Crippen LogP contribution in [0.1, 0.15) is 49.7 Å². The van der Waals surface area contributed by atoms with E-state index in [1.807, 2.05) is 0 Å². The third kappa shape index (κ3) is 4.07. The molecule has 2 nitrogen and oxygen atoms in total. The van der Waals surface area contributed by atoms with Gasteiger partial charge >= 0.3 is 0 Å². The molecule has 1 heterocycles. The smallest absolute Gasteiger partial charge is 0.0897 e. The topological polar surface area (TPSA) is 24.9 Å². The van der Waals surface area contributed by atoms with Gasteiger partial charge in [0.25, 0.3) is 0 Å². The van der Waals surface area contributed by atoms with Crippen LogP contribution in [0.2, 0.25) is 0 Å². The van der Waals surface area contributed by atoms with Gasteiger partial charge in [-0.25, -0.2) is 4.98 Å². The second-order valence-corrected chi connectivity index (χ2v) is 6.26. The molecule has 0 saturated heterocycles. The largest absolute Gasteiger partial charge is 0.314 e. The minimum absolute atomic E-state index is 0.629. The second-order valence-electron chi connectivity index (χ2n) is 5.20. The highest BCUT2D eigenvalue weighted by molar-refractivity contribution is 7.09. The van der Waals surface area contributed by atoms with Crippen LogP contribution in [-0.2, 0) is 6.42 Å². The highest BCUT2D eigenvalue weighted by Crippen LogP contribution is 2.29. The molecule has 0 aliphatic heterocycles. The Morgan fingerprint density at radius 1 is 1.47 bits per heavy atom. The zero-order valence-electron chi connectivity index (χ0n) is 11.0. The Labute approximate surface area is 109 Å². The molecule has 17 heavy (non-hydrogen) atoms. The van der Waals surface area contributed by atoms with Crippen LogP contribution in [0.5, 0.6) is 0 Å². The van der Waals surface area contributed by atoms with E-state index in [1.165, 1.54) is 42.8 Å². The van der Waals surface area contributed by atoms with Crippen molar-refractivity contribution in [2.45, 2.75) is 58.4 Å². The summed E-state index contributed by atoms with van der Waals surface area (Å²) in [5, 5.41) is 7.04. The van der Waals surface area contributed by atoms with E-state index in [0.29, 0.717) is 6.04 Å². The van der Waals surface area contributed by atoms with Crippen molar-refractivity contribution in [2.75, 3.05) is 6.54 Å². The number of hydrogen-bond donors (Lipinski definition) is 1. The maximum absolute atomic E-state index is 4.59. The van der Waals surface area contributed by atoms with Gasteiger partial charge in [0.05, 0.1) is 10.7 Å². The van der Waals surface area contributed by atoms with E-state index in [-0.39, 0.29) is 0 Å². The average Bonchev–Trinajstić information content (AvgIpc) is 2.91. The van der Waals surface area contributed by atoms with Crippen molar-refractivity contribution in [2.24, 2.45) is 5.92 Å². The number of hydrogen-bond acceptors (Lipinski definition) is 3. The number of thiazole rings is 1. The molecule has 1 unspecified atom stereocenters. The van der Waals surface area contributed by atoms with E-state index < -0.39 is 0 Å². The standard InChI is InChI=1S/C14H24N2S/c1-3-15-13(8-12-6-4-5-7-12)9-14-10-17-11(2)16-14/h10,12-13,15H,3-9H2,1-2H3. The third-order valence-corrected chi connectivity index (χ3v) is 4.53. The summed E-state index contributed by atoms with van der Waals surface area (Å²) >= 11 is 1.77. The maximum atomic E-state index is 4.59. The third-order valence-electron chi connectivity index (χ3n) is 3.71. The van der Waals surface area contributed by atoms with Crippen molar-refractivity contribution >= 4 is 11.3 Å². The van der Waals surface area contributed by atoms with E-state index >= 15 is 0 Å². The molecule has 0 bridgehead atoms. The summed E-state index contributed by atoms with van der Waals surface area (Å²) in [6.45, 7) is 5.36. The summed E-state index contributed by atoms with van der Waals surface area (Å²) in [6, 6.07) is 0.629. The summed E-state index contributed by atoms with van der Waals surface area (Å²) in [5.74, 6) is 0.957. The molecule has 1 aromatic heterocycles. The highest BCUT2D eigenvalue weighted by Gasteiger charge is 2.20. The number of likely N-dealkylation sites (N-methyl/N-ethyl adjacent to an activating group) is 1. The summed E-state index contributed by atoms with van der Waals surface area (Å²) in [7, 11) is 0. The molecular weight excluding hydrogens is 228 g/mol. The molecule has 3 heteroatoms. The van der Waals surface area contributed by atoms with Crippen LogP contribution in [0.15, 0.2) is 5.38 Å².